The number of unbranched alkanes of at least 4 members (excludes halogenated alkanes) is 21. The normalized spacial score (nSPS) is 20.3. The molecule has 62 heavy (non-hydrogen) atoms. The molecule has 2 rings (SSSR count). The lowest BCUT2D eigenvalue weighted by Gasteiger charge is -2.54. The fraction of sp³-hybridized carbons (Fsp3) is 0.923. The highest BCUT2D eigenvalue weighted by atomic mass is 16.6. The molecule has 2 saturated heterocycles. The number of piperidine rings is 2. The lowest BCUT2D eigenvalue weighted by atomic mass is 9.49. The zero-order valence-electron chi connectivity index (χ0n) is 41.6. The molecular weight excluding hydrogens is 781 g/mol. The van der Waals surface area contributed by atoms with E-state index in [4.69, 9.17) is 4.74 Å². The fourth-order valence-electron chi connectivity index (χ4n) is 12.3. The van der Waals surface area contributed by atoms with E-state index >= 15 is 4.79 Å². The number of aliphatic carboxylic acids is 3. The fourth-order valence-corrected chi connectivity index (χ4v) is 12.3. The average Bonchev–Trinajstić information content (AvgIpc) is 3.12. The van der Waals surface area contributed by atoms with E-state index in [2.05, 4.69) is 52.2 Å². The quantitative estimate of drug-likeness (QED) is 0.0244. The summed E-state index contributed by atoms with van der Waals surface area (Å²) in [5.74, 6) is -8.13. The van der Waals surface area contributed by atoms with Crippen LogP contribution in [0.15, 0.2) is 0 Å². The smallest absolute Gasteiger partial charge is 0.336 e. The van der Waals surface area contributed by atoms with Crippen LogP contribution in [0.3, 0.4) is 0 Å². The predicted molar refractivity (Wildman–Crippen MR) is 252 cm³/mol. The van der Waals surface area contributed by atoms with Gasteiger partial charge in [0.2, 0.25) is 0 Å². The summed E-state index contributed by atoms with van der Waals surface area (Å²) in [6.45, 7) is 20.6. The molecule has 0 bridgehead atoms. The van der Waals surface area contributed by atoms with Gasteiger partial charge in [0.1, 0.15) is 11.5 Å². The molecule has 0 saturated carbocycles. The van der Waals surface area contributed by atoms with Gasteiger partial charge in [0.15, 0.2) is 0 Å². The number of rotatable bonds is 33. The monoisotopic (exact) mass is 877 g/mol. The predicted octanol–water partition coefficient (Wildman–Crippen LogP) is 13.0. The van der Waals surface area contributed by atoms with Gasteiger partial charge in [-0.15, -0.1) is 0 Å². The van der Waals surface area contributed by atoms with Gasteiger partial charge in [0.05, 0.1) is 0 Å². The van der Waals surface area contributed by atoms with E-state index in [-0.39, 0.29) is 12.3 Å². The number of nitrogens with one attached hydrogen (secondary N) is 2. The number of ether oxygens (including phenoxy) is 1. The van der Waals surface area contributed by atoms with Crippen molar-refractivity contribution in [1.29, 1.82) is 0 Å². The third-order valence-electron chi connectivity index (χ3n) is 14.4. The first-order valence-corrected chi connectivity index (χ1v) is 25.5. The second-order valence-electron chi connectivity index (χ2n) is 22.6. The minimum atomic E-state index is -3.36. The number of carbonyl (C=O) groups is 4. The van der Waals surface area contributed by atoms with Gasteiger partial charge < -0.3 is 30.7 Å². The van der Waals surface area contributed by atoms with Crippen molar-refractivity contribution in [3.8, 4) is 0 Å². The molecule has 0 aromatic heterocycles. The van der Waals surface area contributed by atoms with E-state index < -0.39 is 68.9 Å². The Morgan fingerprint density at radius 1 is 0.500 bits per heavy atom. The third kappa shape index (κ3) is 17.0. The molecule has 362 valence electrons. The summed E-state index contributed by atoms with van der Waals surface area (Å²) in [6.07, 6.45) is 25.6. The molecule has 2 aliphatic heterocycles. The Labute approximate surface area is 379 Å². The molecule has 0 aromatic carbocycles. The molecular formula is C52H96N2O8. The van der Waals surface area contributed by atoms with Crippen molar-refractivity contribution in [3.05, 3.63) is 0 Å². The maximum atomic E-state index is 15.0. The summed E-state index contributed by atoms with van der Waals surface area (Å²) >= 11 is 0. The highest BCUT2D eigenvalue weighted by Crippen LogP contribution is 2.58. The second kappa shape index (κ2) is 26.1. The largest absolute Gasteiger partial charge is 0.481 e. The molecule has 10 heteroatoms. The number of hydrogen-bond acceptors (Lipinski definition) is 7. The molecule has 2 unspecified atom stereocenters. The molecule has 0 aromatic rings. The molecule has 5 N–H and O–H groups in total. The van der Waals surface area contributed by atoms with Gasteiger partial charge in [-0.1, -0.05) is 162 Å². The van der Waals surface area contributed by atoms with Crippen LogP contribution in [0.4, 0.5) is 0 Å². The highest BCUT2D eigenvalue weighted by Gasteiger charge is 2.75. The Balaban J connectivity index is 2.60. The van der Waals surface area contributed by atoms with Crippen LogP contribution in [0, 0.1) is 22.7 Å². The van der Waals surface area contributed by atoms with Gasteiger partial charge in [-0.2, -0.15) is 0 Å². The summed E-state index contributed by atoms with van der Waals surface area (Å²) < 4.78 is 6.13. The van der Waals surface area contributed by atoms with Crippen LogP contribution >= 0.6 is 0 Å². The van der Waals surface area contributed by atoms with Crippen LogP contribution in [-0.2, 0) is 23.9 Å². The van der Waals surface area contributed by atoms with Crippen LogP contribution in [0.5, 0.6) is 0 Å². The van der Waals surface area contributed by atoms with E-state index in [9.17, 15) is 29.7 Å². The van der Waals surface area contributed by atoms with Crippen LogP contribution in [0.2, 0.25) is 0 Å². The third-order valence-corrected chi connectivity index (χ3v) is 14.4. The minimum Gasteiger partial charge on any atom is -0.481 e. The Morgan fingerprint density at radius 2 is 0.823 bits per heavy atom. The Morgan fingerprint density at radius 3 is 1.16 bits per heavy atom. The van der Waals surface area contributed by atoms with Gasteiger partial charge >= 0.3 is 23.9 Å². The van der Waals surface area contributed by atoms with Crippen molar-refractivity contribution in [2.24, 2.45) is 22.7 Å². The lowest BCUT2D eigenvalue weighted by Crippen LogP contribution is -2.68. The van der Waals surface area contributed by atoms with Crippen LogP contribution in [0.1, 0.15) is 255 Å². The average molecular weight is 877 g/mol. The molecule has 2 heterocycles. The van der Waals surface area contributed by atoms with Gasteiger partial charge in [-0.05, 0) is 92.9 Å². The zero-order chi connectivity index (χ0) is 46.7. The summed E-state index contributed by atoms with van der Waals surface area (Å²) in [6, 6.07) is 0. The maximum Gasteiger partial charge on any atom is 0.336 e. The summed E-state index contributed by atoms with van der Waals surface area (Å²) in [5.41, 5.74) is -7.70. The van der Waals surface area contributed by atoms with Crippen molar-refractivity contribution in [2.45, 2.75) is 284 Å². The second-order valence-corrected chi connectivity index (χ2v) is 22.6. The van der Waals surface area contributed by atoms with Crippen LogP contribution < -0.4 is 10.6 Å². The molecule has 0 radical (unpaired) electrons. The topological polar surface area (TPSA) is 162 Å². The first-order valence-electron chi connectivity index (χ1n) is 25.5. The number of esters is 1. The van der Waals surface area contributed by atoms with Gasteiger partial charge in [-0.25, -0.2) is 0 Å². The van der Waals surface area contributed by atoms with Gasteiger partial charge in [0.25, 0.3) is 5.41 Å². The molecule has 0 amide bonds. The van der Waals surface area contributed by atoms with E-state index in [0.29, 0.717) is 51.4 Å². The zero-order valence-corrected chi connectivity index (χ0v) is 41.6. The van der Waals surface area contributed by atoms with Crippen molar-refractivity contribution < 1.29 is 39.2 Å². The van der Waals surface area contributed by atoms with E-state index in [1.807, 2.05) is 27.7 Å². The lowest BCUT2D eigenvalue weighted by molar-refractivity contribution is -0.210. The Hall–Kier alpha value is -2.20. The van der Waals surface area contributed by atoms with E-state index in [1.54, 1.807) is 0 Å². The SMILES string of the molecule is CCCCCCCCCCCCCCC(C1CC(C)(C)NC(C)(C)C1)C(CCCCCCCCCCCCC)(C(=O)O)C(C(=O)O)(C(=O)O)C(=O)OC1CC(C)(C)NC(C)(C)C1. The molecule has 0 aliphatic carbocycles. The number of carboxylic acid groups (broad SMARTS) is 3. The summed E-state index contributed by atoms with van der Waals surface area (Å²) in [5, 5.41) is 41.9. The molecule has 2 fully saturated rings. The molecule has 2 aliphatic rings. The van der Waals surface area contributed by atoms with Gasteiger partial charge in [-0.3, -0.25) is 19.2 Å². The summed E-state index contributed by atoms with van der Waals surface area (Å²) in [7, 11) is 0. The molecule has 2 atom stereocenters. The number of carbonyl (C=O) groups excluding carboxylic acids is 1. The summed E-state index contributed by atoms with van der Waals surface area (Å²) in [4.78, 5) is 57.8. The van der Waals surface area contributed by atoms with Gasteiger partial charge in [0, 0.05) is 35.0 Å². The van der Waals surface area contributed by atoms with E-state index in [1.165, 1.54) is 77.0 Å². The number of hydrogen-bond donors (Lipinski definition) is 5. The van der Waals surface area contributed by atoms with E-state index in [0.717, 1.165) is 51.4 Å². The maximum absolute atomic E-state index is 15.0. The Bertz CT molecular complexity index is 1310. The minimum absolute atomic E-state index is 0.232. The number of carboxylic acids is 3. The highest BCUT2D eigenvalue weighted by molar-refractivity contribution is 6.20. The van der Waals surface area contributed by atoms with Crippen LogP contribution in [0.25, 0.3) is 0 Å². The van der Waals surface area contributed by atoms with Crippen molar-refractivity contribution in [1.82, 2.24) is 10.6 Å². The van der Waals surface area contributed by atoms with Crippen LogP contribution in [-0.4, -0.2) is 67.5 Å². The molecule has 0 spiro atoms. The first-order chi connectivity index (χ1) is 29.0. The van der Waals surface area contributed by atoms with Crippen molar-refractivity contribution >= 4 is 23.9 Å². The molecule has 10 nitrogen and oxygen atoms in total. The standard InChI is InChI=1S/C52H96N2O8/c1-11-13-15-17-19-21-23-24-26-28-30-32-34-42(40-36-47(3,4)53-48(5,6)37-40)51(43(55)56,35-33-31-29-27-25-22-20-18-16-14-12-2)52(44(57)58,45(59)60)46(61)62-41-38-49(7,8)54-50(9,10)39-41/h40-42,53-54H,11-39H2,1-10H3,(H,55,56)(H,57,58)(H,59,60). The van der Waals surface area contributed by atoms with Crippen molar-refractivity contribution in [3.63, 3.8) is 0 Å². The Kier molecular flexibility index (Phi) is 23.5. The van der Waals surface area contributed by atoms with Crippen molar-refractivity contribution in [2.75, 3.05) is 0 Å². The first kappa shape index (κ1) is 55.9.